The molecule has 0 saturated heterocycles. The molecule has 2 heterocycles. The Bertz CT molecular complexity index is 1530. The van der Waals surface area contributed by atoms with Crippen molar-refractivity contribution in [2.75, 3.05) is 5.32 Å². The van der Waals surface area contributed by atoms with Crippen molar-refractivity contribution in [2.45, 2.75) is 46.0 Å². The van der Waals surface area contributed by atoms with Crippen molar-refractivity contribution < 1.29 is 22.0 Å². The lowest BCUT2D eigenvalue weighted by Gasteiger charge is -2.14. The minimum Gasteiger partial charge on any atom is -0.339 e. The highest BCUT2D eigenvalue weighted by molar-refractivity contribution is 5.94. The quantitative estimate of drug-likeness (QED) is 0.274. The molecule has 1 N–H and O–H groups in total. The van der Waals surface area contributed by atoms with E-state index in [0.717, 1.165) is 25.3 Å². The number of alkyl halides is 2. The third kappa shape index (κ3) is 4.27. The number of aryl methyl sites for hydroxylation is 1. The van der Waals surface area contributed by atoms with E-state index < -0.39 is 35.9 Å². The van der Waals surface area contributed by atoms with Gasteiger partial charge in [0, 0.05) is 23.1 Å². The molecule has 4 aromatic rings. The van der Waals surface area contributed by atoms with Gasteiger partial charge in [-0.25, -0.2) is 22.0 Å². The van der Waals surface area contributed by atoms with Crippen LogP contribution in [0, 0.1) is 41.6 Å². The van der Waals surface area contributed by atoms with Gasteiger partial charge < -0.3 is 5.32 Å². The van der Waals surface area contributed by atoms with Crippen LogP contribution in [-0.4, -0.2) is 26.0 Å². The molecule has 0 aliphatic heterocycles. The zero-order valence-electron chi connectivity index (χ0n) is 18.9. The van der Waals surface area contributed by atoms with Crippen molar-refractivity contribution in [1.82, 2.24) is 19.6 Å². The Balaban J connectivity index is 1.65. The van der Waals surface area contributed by atoms with Crippen molar-refractivity contribution in [3.05, 3.63) is 58.7 Å². The maximum absolute atomic E-state index is 15.2. The van der Waals surface area contributed by atoms with Gasteiger partial charge in [0.15, 0.2) is 11.6 Å². The second-order valence-electron chi connectivity index (χ2n) is 8.73. The van der Waals surface area contributed by atoms with E-state index in [1.54, 1.807) is 13.0 Å². The fourth-order valence-electron chi connectivity index (χ4n) is 4.13. The summed E-state index contributed by atoms with van der Waals surface area (Å²) >= 11 is 0. The average molecular weight is 485 g/mol. The summed E-state index contributed by atoms with van der Waals surface area (Å²) in [5.41, 5.74) is 0.183. The summed E-state index contributed by atoms with van der Waals surface area (Å²) in [6.45, 7) is 3.63. The summed E-state index contributed by atoms with van der Waals surface area (Å²) in [5, 5.41) is 10.4. The third-order valence-electron chi connectivity index (χ3n) is 6.30. The summed E-state index contributed by atoms with van der Waals surface area (Å²) < 4.78 is 71.7. The summed E-state index contributed by atoms with van der Waals surface area (Å²) in [7, 11) is 0. The van der Waals surface area contributed by atoms with Crippen molar-refractivity contribution >= 4 is 28.2 Å². The minimum atomic E-state index is -2.87. The Morgan fingerprint density at radius 3 is 2.54 bits per heavy atom. The van der Waals surface area contributed by atoms with E-state index in [1.165, 1.54) is 16.5 Å². The predicted molar refractivity (Wildman–Crippen MR) is 121 cm³/mol. The lowest BCUT2D eigenvalue weighted by Crippen LogP contribution is -2.08. The van der Waals surface area contributed by atoms with Gasteiger partial charge in [-0.2, -0.15) is 4.98 Å². The molecular formula is C25H20F5N5. The Hall–Kier alpha value is -3.74. The van der Waals surface area contributed by atoms with Crippen LogP contribution in [0.4, 0.5) is 33.5 Å². The number of halogens is 5. The fraction of sp³-hybridized carbons (Fsp3) is 0.320. The van der Waals surface area contributed by atoms with Gasteiger partial charge in [0.05, 0.1) is 10.9 Å². The predicted octanol–water partition coefficient (Wildman–Crippen LogP) is 6.10. The molecule has 0 amide bonds. The summed E-state index contributed by atoms with van der Waals surface area (Å²) in [4.78, 5) is 4.24. The zero-order chi connectivity index (χ0) is 24.9. The number of anilines is 2. The van der Waals surface area contributed by atoms with Crippen molar-refractivity contribution in [1.29, 1.82) is 0 Å². The number of nitrogens with one attached hydrogen (secondary N) is 1. The SMILES string of the molecule is CCC1(C#Cc2cc(F)cc(Nc3nc4nnc(C)n4c4cc(CC(F)F)c(F)c(F)c34)c2)CC1. The molecule has 1 aliphatic rings. The van der Waals surface area contributed by atoms with Gasteiger partial charge in [-0.1, -0.05) is 18.8 Å². The molecule has 0 spiro atoms. The topological polar surface area (TPSA) is 55.1 Å². The number of nitrogens with zero attached hydrogens (tertiary/aromatic N) is 4. The molecule has 5 nitrogen and oxygen atoms in total. The van der Waals surface area contributed by atoms with Gasteiger partial charge in [0.2, 0.25) is 6.43 Å². The lowest BCUT2D eigenvalue weighted by molar-refractivity contribution is 0.147. The largest absolute Gasteiger partial charge is 0.339 e. The van der Waals surface area contributed by atoms with E-state index in [4.69, 9.17) is 0 Å². The van der Waals surface area contributed by atoms with Gasteiger partial charge in [0.1, 0.15) is 17.5 Å². The molecule has 0 bridgehead atoms. The Labute approximate surface area is 197 Å². The normalized spacial score (nSPS) is 14.4. The minimum absolute atomic E-state index is 0.0230. The molecule has 2 aromatic carbocycles. The highest BCUT2D eigenvalue weighted by Crippen LogP contribution is 2.48. The lowest BCUT2D eigenvalue weighted by atomic mass is 10.0. The van der Waals surface area contributed by atoms with Crippen molar-refractivity contribution in [3.63, 3.8) is 0 Å². The number of rotatable bonds is 5. The van der Waals surface area contributed by atoms with E-state index >= 15 is 4.39 Å². The summed E-state index contributed by atoms with van der Waals surface area (Å²) in [5.74, 6) is 3.08. The van der Waals surface area contributed by atoms with Gasteiger partial charge >= 0.3 is 0 Å². The van der Waals surface area contributed by atoms with Gasteiger partial charge in [-0.15, -0.1) is 10.2 Å². The maximum atomic E-state index is 15.2. The first-order chi connectivity index (χ1) is 16.7. The number of fused-ring (bicyclic) bond motifs is 3. The van der Waals surface area contributed by atoms with Gasteiger partial charge in [-0.05, 0) is 56.0 Å². The average Bonchev–Trinajstić information content (AvgIpc) is 3.50. The first kappa shape index (κ1) is 23.0. The molecule has 2 aromatic heterocycles. The monoisotopic (exact) mass is 485 g/mol. The molecule has 0 unspecified atom stereocenters. The van der Waals surface area contributed by atoms with Gasteiger partial charge in [-0.3, -0.25) is 4.40 Å². The van der Waals surface area contributed by atoms with Crippen molar-refractivity contribution in [3.8, 4) is 11.8 Å². The summed E-state index contributed by atoms with van der Waals surface area (Å²) in [6, 6.07) is 5.17. The molecule has 0 radical (unpaired) electrons. The molecular weight excluding hydrogens is 465 g/mol. The van der Waals surface area contributed by atoms with Crippen molar-refractivity contribution in [2.24, 2.45) is 5.41 Å². The third-order valence-corrected chi connectivity index (χ3v) is 6.30. The number of hydrogen-bond acceptors (Lipinski definition) is 4. The molecule has 10 heteroatoms. The highest BCUT2D eigenvalue weighted by Gasteiger charge is 2.38. The summed E-state index contributed by atoms with van der Waals surface area (Å²) in [6.07, 6.45) is -0.913. The van der Waals surface area contributed by atoms with E-state index in [9.17, 15) is 17.6 Å². The van der Waals surface area contributed by atoms with Crippen LogP contribution in [-0.2, 0) is 6.42 Å². The van der Waals surface area contributed by atoms with Gasteiger partial charge in [0.25, 0.3) is 5.78 Å². The van der Waals surface area contributed by atoms with Crippen LogP contribution in [0.15, 0.2) is 24.3 Å². The molecule has 5 rings (SSSR count). The van der Waals surface area contributed by atoms with E-state index in [2.05, 4.69) is 39.3 Å². The maximum Gasteiger partial charge on any atom is 0.257 e. The molecule has 180 valence electrons. The highest BCUT2D eigenvalue weighted by atomic mass is 19.3. The first-order valence-corrected chi connectivity index (χ1v) is 11.1. The fourth-order valence-corrected chi connectivity index (χ4v) is 4.13. The zero-order valence-corrected chi connectivity index (χ0v) is 18.9. The van der Waals surface area contributed by atoms with Crippen LogP contribution in [0.25, 0.3) is 16.7 Å². The van der Waals surface area contributed by atoms with E-state index in [1.807, 2.05) is 0 Å². The van der Waals surface area contributed by atoms with Crippen LogP contribution in [0.3, 0.4) is 0 Å². The number of aromatic nitrogens is 4. The Morgan fingerprint density at radius 1 is 1.09 bits per heavy atom. The second-order valence-corrected chi connectivity index (χ2v) is 8.73. The van der Waals surface area contributed by atoms with E-state index in [-0.39, 0.29) is 33.6 Å². The van der Waals surface area contributed by atoms with Crippen LogP contribution in [0.1, 0.15) is 43.1 Å². The standard InChI is InChI=1S/C25H20F5N5/c1-3-25(6-7-25)5-4-14-8-16(26)12-17(9-14)31-23-20-18(35-13(2)33-34-24(35)32-23)10-15(11-19(27)28)21(29)22(20)30/h8-10,12,19H,3,6-7,11H2,1-2H3,(H,31,32,34). The number of hydrogen-bond donors (Lipinski definition) is 1. The first-order valence-electron chi connectivity index (χ1n) is 11.1. The molecule has 1 saturated carbocycles. The molecule has 0 atom stereocenters. The Kier molecular flexibility index (Phi) is 5.58. The second kappa shape index (κ2) is 8.48. The van der Waals surface area contributed by atoms with Crippen LogP contribution in [0.5, 0.6) is 0 Å². The Morgan fingerprint density at radius 2 is 1.86 bits per heavy atom. The van der Waals surface area contributed by atoms with Crippen LogP contribution < -0.4 is 5.32 Å². The number of benzene rings is 2. The smallest absolute Gasteiger partial charge is 0.257 e. The molecule has 35 heavy (non-hydrogen) atoms. The molecule has 1 aliphatic carbocycles. The van der Waals surface area contributed by atoms with Crippen LogP contribution >= 0.6 is 0 Å². The molecule has 1 fully saturated rings. The van der Waals surface area contributed by atoms with Crippen LogP contribution in [0.2, 0.25) is 0 Å². The van der Waals surface area contributed by atoms with E-state index in [0.29, 0.717) is 11.4 Å².